The van der Waals surface area contributed by atoms with E-state index in [0.717, 1.165) is 5.56 Å². The molecular weight excluding hydrogens is 195 g/mol. The van der Waals surface area contributed by atoms with Crippen LogP contribution in [0.25, 0.3) is 11.3 Å². The van der Waals surface area contributed by atoms with E-state index in [1.54, 1.807) is 19.1 Å². The summed E-state index contributed by atoms with van der Waals surface area (Å²) in [7, 11) is 0. The first-order chi connectivity index (χ1) is 7.09. The third-order valence-electron chi connectivity index (χ3n) is 2.33. The monoisotopic (exact) mass is 206 g/mol. The molecule has 0 aliphatic heterocycles. The lowest BCUT2D eigenvalue weighted by molar-refractivity contribution is 0.432. The van der Waals surface area contributed by atoms with Crippen LogP contribution in [0.5, 0.6) is 0 Å². The van der Waals surface area contributed by atoms with Crippen LogP contribution >= 0.6 is 0 Å². The Morgan fingerprint density at radius 1 is 1.33 bits per heavy atom. The molecule has 2 rings (SSSR count). The fourth-order valence-corrected chi connectivity index (χ4v) is 1.41. The van der Waals surface area contributed by atoms with Crippen molar-refractivity contribution in [2.75, 3.05) is 5.73 Å². The number of hydrogen-bond donors (Lipinski definition) is 1. The minimum absolute atomic E-state index is 0.297. The minimum atomic E-state index is -0.333. The molecule has 0 saturated heterocycles. The fourth-order valence-electron chi connectivity index (χ4n) is 1.41. The van der Waals surface area contributed by atoms with Gasteiger partial charge < -0.3 is 10.3 Å². The van der Waals surface area contributed by atoms with Gasteiger partial charge in [-0.15, -0.1) is 0 Å². The van der Waals surface area contributed by atoms with Gasteiger partial charge in [0.15, 0.2) is 11.6 Å². The molecule has 2 aromatic rings. The summed E-state index contributed by atoms with van der Waals surface area (Å²) in [6.45, 7) is 3.64. The van der Waals surface area contributed by atoms with Gasteiger partial charge in [0.25, 0.3) is 0 Å². The highest BCUT2D eigenvalue weighted by molar-refractivity contribution is 5.66. The lowest BCUT2D eigenvalue weighted by Crippen LogP contribution is -1.88. The first-order valence-corrected chi connectivity index (χ1v) is 4.58. The molecular formula is C11H11FN2O. The molecule has 1 heterocycles. The second-order valence-corrected chi connectivity index (χ2v) is 3.51. The standard InChI is InChI=1S/C11H11FN2O/c1-6-3-4-9(12)8(5-6)10-7(2)11(13)14-15-10/h3-5H,1-2H3,(H2,13,14). The summed E-state index contributed by atoms with van der Waals surface area (Å²) in [5.41, 5.74) is 7.56. The number of nitrogens with zero attached hydrogens (tertiary/aromatic N) is 1. The molecule has 1 aromatic carbocycles. The van der Waals surface area contributed by atoms with Crippen molar-refractivity contribution in [1.82, 2.24) is 5.16 Å². The molecule has 4 heteroatoms. The Hall–Kier alpha value is -1.84. The number of anilines is 1. The predicted molar refractivity (Wildman–Crippen MR) is 55.8 cm³/mol. The van der Waals surface area contributed by atoms with Crippen molar-refractivity contribution >= 4 is 5.82 Å². The molecule has 0 bridgehead atoms. The predicted octanol–water partition coefficient (Wildman–Crippen LogP) is 2.68. The van der Waals surface area contributed by atoms with Crippen LogP contribution < -0.4 is 5.73 Å². The molecule has 2 N–H and O–H groups in total. The molecule has 0 aliphatic rings. The highest BCUT2D eigenvalue weighted by atomic mass is 19.1. The maximum Gasteiger partial charge on any atom is 0.174 e. The van der Waals surface area contributed by atoms with Crippen molar-refractivity contribution in [2.24, 2.45) is 0 Å². The summed E-state index contributed by atoms with van der Waals surface area (Å²) in [5.74, 6) is 0.361. The number of aryl methyl sites for hydroxylation is 1. The summed E-state index contributed by atoms with van der Waals surface area (Å²) in [4.78, 5) is 0. The van der Waals surface area contributed by atoms with Gasteiger partial charge in [0.1, 0.15) is 5.82 Å². The number of benzene rings is 1. The maximum atomic E-state index is 13.5. The van der Waals surface area contributed by atoms with Gasteiger partial charge in [-0.25, -0.2) is 4.39 Å². The number of nitrogen functional groups attached to an aromatic ring is 1. The van der Waals surface area contributed by atoms with Crippen molar-refractivity contribution in [1.29, 1.82) is 0 Å². The quantitative estimate of drug-likeness (QED) is 0.780. The van der Waals surface area contributed by atoms with Gasteiger partial charge in [0, 0.05) is 5.56 Å². The number of halogens is 1. The molecule has 0 spiro atoms. The van der Waals surface area contributed by atoms with E-state index in [9.17, 15) is 4.39 Å². The molecule has 1 aromatic heterocycles. The maximum absolute atomic E-state index is 13.5. The topological polar surface area (TPSA) is 52.0 Å². The zero-order valence-corrected chi connectivity index (χ0v) is 8.54. The summed E-state index contributed by atoms with van der Waals surface area (Å²) < 4.78 is 18.5. The van der Waals surface area contributed by atoms with Crippen LogP contribution in [-0.4, -0.2) is 5.16 Å². The summed E-state index contributed by atoms with van der Waals surface area (Å²) in [6.07, 6.45) is 0. The summed E-state index contributed by atoms with van der Waals surface area (Å²) in [6, 6.07) is 4.82. The van der Waals surface area contributed by atoms with E-state index in [1.807, 2.05) is 6.92 Å². The molecule has 0 radical (unpaired) electrons. The van der Waals surface area contributed by atoms with Crippen LogP contribution in [0.4, 0.5) is 10.2 Å². The number of rotatable bonds is 1. The first-order valence-electron chi connectivity index (χ1n) is 4.58. The second-order valence-electron chi connectivity index (χ2n) is 3.51. The average Bonchev–Trinajstić information content (AvgIpc) is 2.52. The van der Waals surface area contributed by atoms with Crippen molar-refractivity contribution < 1.29 is 8.91 Å². The molecule has 0 unspecified atom stereocenters. The number of nitrogens with two attached hydrogens (primary N) is 1. The van der Waals surface area contributed by atoms with E-state index >= 15 is 0 Å². The van der Waals surface area contributed by atoms with Gasteiger partial charge in [-0.05, 0) is 26.0 Å². The highest BCUT2D eigenvalue weighted by Gasteiger charge is 2.15. The van der Waals surface area contributed by atoms with Crippen LogP contribution in [0.15, 0.2) is 22.7 Å². The van der Waals surface area contributed by atoms with Crippen molar-refractivity contribution in [3.63, 3.8) is 0 Å². The molecule has 78 valence electrons. The van der Waals surface area contributed by atoms with Gasteiger partial charge in [-0.3, -0.25) is 0 Å². The second kappa shape index (κ2) is 3.38. The largest absolute Gasteiger partial charge is 0.381 e. The van der Waals surface area contributed by atoms with E-state index in [4.69, 9.17) is 10.3 Å². The Morgan fingerprint density at radius 3 is 2.67 bits per heavy atom. The lowest BCUT2D eigenvalue weighted by atomic mass is 10.1. The van der Waals surface area contributed by atoms with Crippen LogP contribution in [0.3, 0.4) is 0 Å². The van der Waals surface area contributed by atoms with Crippen LogP contribution in [0, 0.1) is 19.7 Å². The normalized spacial score (nSPS) is 10.6. The van der Waals surface area contributed by atoms with Gasteiger partial charge in [-0.2, -0.15) is 0 Å². The van der Waals surface area contributed by atoms with Gasteiger partial charge in [-0.1, -0.05) is 16.8 Å². The Morgan fingerprint density at radius 2 is 2.07 bits per heavy atom. The molecule has 0 aliphatic carbocycles. The minimum Gasteiger partial charge on any atom is -0.381 e. The van der Waals surface area contributed by atoms with E-state index in [1.165, 1.54) is 6.07 Å². The summed E-state index contributed by atoms with van der Waals surface area (Å²) >= 11 is 0. The number of hydrogen-bond acceptors (Lipinski definition) is 3. The first kappa shape index (κ1) is 9.71. The van der Waals surface area contributed by atoms with Crippen LogP contribution in [0.2, 0.25) is 0 Å². The third-order valence-corrected chi connectivity index (χ3v) is 2.33. The Balaban J connectivity index is 2.63. The van der Waals surface area contributed by atoms with E-state index in [-0.39, 0.29) is 5.82 Å². The molecule has 3 nitrogen and oxygen atoms in total. The van der Waals surface area contributed by atoms with Crippen LogP contribution in [0.1, 0.15) is 11.1 Å². The van der Waals surface area contributed by atoms with Crippen molar-refractivity contribution in [2.45, 2.75) is 13.8 Å². The Labute approximate surface area is 86.7 Å². The fraction of sp³-hybridized carbons (Fsp3) is 0.182. The van der Waals surface area contributed by atoms with Crippen LogP contribution in [-0.2, 0) is 0 Å². The van der Waals surface area contributed by atoms with E-state index in [2.05, 4.69) is 5.16 Å². The zero-order valence-electron chi connectivity index (χ0n) is 8.54. The van der Waals surface area contributed by atoms with Gasteiger partial charge in [0.2, 0.25) is 0 Å². The highest BCUT2D eigenvalue weighted by Crippen LogP contribution is 2.29. The molecule has 0 saturated carbocycles. The Kier molecular flexibility index (Phi) is 2.19. The van der Waals surface area contributed by atoms with Gasteiger partial charge >= 0.3 is 0 Å². The van der Waals surface area contributed by atoms with E-state index in [0.29, 0.717) is 22.7 Å². The number of aromatic nitrogens is 1. The van der Waals surface area contributed by atoms with Crippen molar-refractivity contribution in [3.8, 4) is 11.3 Å². The molecule has 0 fully saturated rings. The SMILES string of the molecule is Cc1ccc(F)c(-c2onc(N)c2C)c1. The van der Waals surface area contributed by atoms with Gasteiger partial charge in [0.05, 0.1) is 5.56 Å². The van der Waals surface area contributed by atoms with Crippen molar-refractivity contribution in [3.05, 3.63) is 35.1 Å². The smallest absolute Gasteiger partial charge is 0.174 e. The van der Waals surface area contributed by atoms with E-state index < -0.39 is 0 Å². The lowest BCUT2D eigenvalue weighted by Gasteiger charge is -2.01. The summed E-state index contributed by atoms with van der Waals surface area (Å²) in [5, 5.41) is 3.60. The third kappa shape index (κ3) is 1.58. The average molecular weight is 206 g/mol. The molecule has 0 amide bonds. The Bertz CT molecular complexity index is 505. The molecule has 0 atom stereocenters. The zero-order chi connectivity index (χ0) is 11.0. The molecule has 15 heavy (non-hydrogen) atoms.